The van der Waals surface area contributed by atoms with Gasteiger partial charge in [0.2, 0.25) is 0 Å². The van der Waals surface area contributed by atoms with E-state index in [1.54, 1.807) is 0 Å². The predicted molar refractivity (Wildman–Crippen MR) is 41.2 cm³/mol. The monoisotopic (exact) mass is 280 g/mol. The van der Waals surface area contributed by atoms with E-state index in [9.17, 15) is 0 Å². The standard InChI is InChI=1S/C5H9Cl3O.Zr/c6-5(7,8)3-1-2-4-9;/h9H,1-4H2;. The van der Waals surface area contributed by atoms with Crippen molar-refractivity contribution < 1.29 is 31.3 Å². The summed E-state index contributed by atoms with van der Waals surface area (Å²) in [5, 5.41) is 8.33. The maximum absolute atomic E-state index is 8.33. The number of hydrogen-bond donors (Lipinski definition) is 1. The number of unbranched alkanes of at least 4 members (excludes halogenated alkanes) is 1. The zero-order valence-corrected chi connectivity index (χ0v) is 10.1. The number of hydrogen-bond acceptors (Lipinski definition) is 1. The van der Waals surface area contributed by atoms with E-state index in [0.717, 1.165) is 6.42 Å². The summed E-state index contributed by atoms with van der Waals surface area (Å²) < 4.78 is -1.14. The van der Waals surface area contributed by atoms with Gasteiger partial charge in [-0.2, -0.15) is 0 Å². The number of rotatable bonds is 3. The first-order valence-electron chi connectivity index (χ1n) is 2.74. The van der Waals surface area contributed by atoms with E-state index >= 15 is 0 Å². The van der Waals surface area contributed by atoms with E-state index in [2.05, 4.69) is 0 Å². The molecule has 0 heterocycles. The Hall–Kier alpha value is 1.71. The van der Waals surface area contributed by atoms with Crippen LogP contribution >= 0.6 is 34.8 Å². The van der Waals surface area contributed by atoms with Gasteiger partial charge in [0.15, 0.2) is 3.79 Å². The van der Waals surface area contributed by atoms with Gasteiger partial charge in [-0.1, -0.05) is 34.8 Å². The van der Waals surface area contributed by atoms with Crippen LogP contribution < -0.4 is 0 Å². The number of alkyl halides is 3. The Bertz CT molecular complexity index is 73.8. The molecule has 10 heavy (non-hydrogen) atoms. The third-order valence-corrected chi connectivity index (χ3v) is 1.44. The van der Waals surface area contributed by atoms with Crippen LogP contribution in [0.1, 0.15) is 19.3 Å². The molecule has 0 saturated carbocycles. The van der Waals surface area contributed by atoms with E-state index in [0.29, 0.717) is 12.8 Å². The number of aliphatic hydroxyl groups is 1. The average molecular weight is 283 g/mol. The van der Waals surface area contributed by atoms with Crippen LogP contribution in [-0.2, 0) is 26.2 Å². The second-order valence-corrected chi connectivity index (χ2v) is 4.31. The molecule has 0 atom stereocenters. The van der Waals surface area contributed by atoms with Crippen LogP contribution in [0, 0.1) is 0 Å². The van der Waals surface area contributed by atoms with E-state index < -0.39 is 3.79 Å². The molecule has 0 aromatic heterocycles. The fourth-order valence-electron chi connectivity index (χ4n) is 0.437. The number of halogens is 3. The summed E-state index contributed by atoms with van der Waals surface area (Å²) in [5.74, 6) is 0. The van der Waals surface area contributed by atoms with Gasteiger partial charge >= 0.3 is 0 Å². The molecule has 0 amide bonds. The quantitative estimate of drug-likeness (QED) is 0.623. The van der Waals surface area contributed by atoms with Crippen molar-refractivity contribution in [3.63, 3.8) is 0 Å². The molecule has 1 N–H and O–H groups in total. The van der Waals surface area contributed by atoms with E-state index in [1.807, 2.05) is 0 Å². The van der Waals surface area contributed by atoms with Gasteiger partial charge in [0, 0.05) is 32.8 Å². The Morgan fingerprint density at radius 3 is 1.90 bits per heavy atom. The molecule has 60 valence electrons. The molecule has 0 aliphatic heterocycles. The molecule has 0 rings (SSSR count). The summed E-state index contributed by atoms with van der Waals surface area (Å²) in [6.07, 6.45) is 1.97. The van der Waals surface area contributed by atoms with Gasteiger partial charge in [0.05, 0.1) is 0 Å². The third-order valence-electron chi connectivity index (χ3n) is 0.868. The van der Waals surface area contributed by atoms with Crippen LogP contribution in [0.25, 0.3) is 0 Å². The molecule has 0 fully saturated rings. The fraction of sp³-hybridized carbons (Fsp3) is 1.00. The van der Waals surface area contributed by atoms with Crippen molar-refractivity contribution in [1.29, 1.82) is 0 Å². The van der Waals surface area contributed by atoms with Gasteiger partial charge in [-0.15, -0.1) is 0 Å². The van der Waals surface area contributed by atoms with Crippen LogP contribution in [0.15, 0.2) is 0 Å². The molecule has 0 aliphatic rings. The summed E-state index contributed by atoms with van der Waals surface area (Å²) in [6.45, 7) is 0.167. The Kier molecular flexibility index (Phi) is 10.5. The second-order valence-electron chi connectivity index (χ2n) is 1.80. The number of aliphatic hydroxyl groups excluding tert-OH is 1. The van der Waals surface area contributed by atoms with Gasteiger partial charge in [0.1, 0.15) is 0 Å². The Morgan fingerprint density at radius 1 is 1.10 bits per heavy atom. The molecule has 0 aliphatic carbocycles. The van der Waals surface area contributed by atoms with Crippen LogP contribution in [-0.4, -0.2) is 15.5 Å². The maximum Gasteiger partial charge on any atom is 0.190 e. The molecule has 0 spiro atoms. The van der Waals surface area contributed by atoms with Crippen molar-refractivity contribution in [2.24, 2.45) is 0 Å². The van der Waals surface area contributed by atoms with Gasteiger partial charge in [-0.05, 0) is 19.3 Å². The first-order chi connectivity index (χ1) is 4.06. The average Bonchev–Trinajstić information content (AvgIpc) is 1.63. The van der Waals surface area contributed by atoms with Gasteiger partial charge in [0.25, 0.3) is 0 Å². The van der Waals surface area contributed by atoms with Gasteiger partial charge < -0.3 is 5.11 Å². The summed E-state index contributed by atoms with van der Waals surface area (Å²) in [7, 11) is 0. The summed E-state index contributed by atoms with van der Waals surface area (Å²) in [4.78, 5) is 0. The van der Waals surface area contributed by atoms with Crippen LogP contribution in [0.5, 0.6) is 0 Å². The van der Waals surface area contributed by atoms with Crippen LogP contribution in [0.4, 0.5) is 0 Å². The Labute approximate surface area is 95.2 Å². The first-order valence-corrected chi connectivity index (χ1v) is 3.87. The first kappa shape index (κ1) is 14.2. The summed E-state index contributed by atoms with van der Waals surface area (Å²) in [5.41, 5.74) is 0. The molecule has 5 heteroatoms. The molecule has 0 bridgehead atoms. The van der Waals surface area contributed by atoms with Crippen molar-refractivity contribution in [3.05, 3.63) is 0 Å². The van der Waals surface area contributed by atoms with E-state index in [1.165, 1.54) is 0 Å². The van der Waals surface area contributed by atoms with Crippen LogP contribution in [0.2, 0.25) is 0 Å². The largest absolute Gasteiger partial charge is 0.396 e. The van der Waals surface area contributed by atoms with Crippen molar-refractivity contribution in [2.45, 2.75) is 23.1 Å². The van der Waals surface area contributed by atoms with E-state index in [-0.39, 0.29) is 32.8 Å². The Balaban J connectivity index is 0. The SMILES string of the molecule is OCCCCC(Cl)(Cl)Cl.[Zr]. The molecule has 0 saturated heterocycles. The van der Waals surface area contributed by atoms with Gasteiger partial charge in [-0.3, -0.25) is 0 Å². The zero-order valence-electron chi connectivity index (χ0n) is 5.41. The molecular weight excluding hydrogens is 274 g/mol. The minimum Gasteiger partial charge on any atom is -0.396 e. The summed E-state index contributed by atoms with van der Waals surface area (Å²) in [6, 6.07) is 0. The molecule has 0 unspecified atom stereocenters. The zero-order chi connectivity index (χ0) is 7.33. The second kappa shape index (κ2) is 7.37. The van der Waals surface area contributed by atoms with E-state index in [4.69, 9.17) is 39.9 Å². The molecule has 0 aromatic carbocycles. The van der Waals surface area contributed by atoms with Crippen molar-refractivity contribution in [3.8, 4) is 0 Å². The molecule has 0 radical (unpaired) electrons. The third kappa shape index (κ3) is 12.4. The normalized spacial score (nSPS) is 10.8. The smallest absolute Gasteiger partial charge is 0.190 e. The van der Waals surface area contributed by atoms with Crippen molar-refractivity contribution >= 4 is 34.8 Å². The van der Waals surface area contributed by atoms with Gasteiger partial charge in [-0.25, -0.2) is 0 Å². The molecular formula is C5H9Cl3OZr. The molecule has 0 aromatic rings. The topological polar surface area (TPSA) is 20.2 Å². The predicted octanol–water partition coefficient (Wildman–Crippen LogP) is 2.52. The minimum atomic E-state index is -1.14. The molecule has 1 nitrogen and oxygen atoms in total. The summed E-state index contributed by atoms with van der Waals surface area (Å²) >= 11 is 16.3. The van der Waals surface area contributed by atoms with Crippen molar-refractivity contribution in [2.75, 3.05) is 6.61 Å². The Morgan fingerprint density at radius 2 is 1.60 bits per heavy atom. The minimum absolute atomic E-state index is 0. The van der Waals surface area contributed by atoms with Crippen LogP contribution in [0.3, 0.4) is 0 Å². The van der Waals surface area contributed by atoms with Crippen molar-refractivity contribution in [1.82, 2.24) is 0 Å². The maximum atomic E-state index is 8.33. The fourth-order valence-corrected chi connectivity index (χ4v) is 0.838.